The first-order valence-electron chi connectivity index (χ1n) is 12.4. The highest BCUT2D eigenvalue weighted by Gasteiger charge is 2.25. The molecule has 0 spiro atoms. The number of hydrogen-bond acceptors (Lipinski definition) is 8. The van der Waals surface area contributed by atoms with Gasteiger partial charge < -0.3 is 19.7 Å². The van der Waals surface area contributed by atoms with Crippen molar-refractivity contribution in [1.29, 1.82) is 5.26 Å². The van der Waals surface area contributed by atoms with Gasteiger partial charge in [0.1, 0.15) is 18.1 Å². The molecule has 2 aromatic heterocycles. The monoisotopic (exact) mass is 484 g/mol. The number of aldehydes is 1. The van der Waals surface area contributed by atoms with Crippen molar-refractivity contribution >= 4 is 29.0 Å². The summed E-state index contributed by atoms with van der Waals surface area (Å²) in [5, 5.41) is 13.3. The number of carbonyl (C=O) groups is 2. The van der Waals surface area contributed by atoms with Gasteiger partial charge in [-0.15, -0.1) is 0 Å². The van der Waals surface area contributed by atoms with Crippen LogP contribution in [0.1, 0.15) is 54.4 Å². The fourth-order valence-corrected chi connectivity index (χ4v) is 4.95. The molecular weight excluding hydrogens is 456 g/mol. The molecule has 1 saturated carbocycles. The summed E-state index contributed by atoms with van der Waals surface area (Å²) in [6.45, 7) is 1.49. The lowest BCUT2D eigenvalue weighted by Crippen LogP contribution is -2.40. The SMILES string of the molecule is N#Cc1ccc(OC2CCC(NC(=O)c3cnc(N4CCC(C=O)CC4)nc3)CC2)c2cccnc12. The summed E-state index contributed by atoms with van der Waals surface area (Å²) in [4.78, 5) is 38.9. The van der Waals surface area contributed by atoms with Crippen molar-refractivity contribution in [1.82, 2.24) is 20.3 Å². The van der Waals surface area contributed by atoms with E-state index in [1.54, 1.807) is 24.7 Å². The number of benzene rings is 1. The Labute approximate surface area is 209 Å². The predicted octanol–water partition coefficient (Wildman–Crippen LogP) is 3.43. The molecule has 2 aliphatic rings. The number of fused-ring (bicyclic) bond motifs is 1. The van der Waals surface area contributed by atoms with Crippen LogP contribution in [0.2, 0.25) is 0 Å². The van der Waals surface area contributed by atoms with E-state index in [1.165, 1.54) is 0 Å². The number of rotatable bonds is 6. The lowest BCUT2D eigenvalue weighted by atomic mass is 9.92. The van der Waals surface area contributed by atoms with Crippen LogP contribution in [0.15, 0.2) is 42.9 Å². The molecule has 184 valence electrons. The van der Waals surface area contributed by atoms with E-state index in [0.717, 1.165) is 69.0 Å². The Morgan fingerprint density at radius 1 is 1.06 bits per heavy atom. The maximum atomic E-state index is 12.8. The molecule has 1 saturated heterocycles. The van der Waals surface area contributed by atoms with Crippen LogP contribution in [0.5, 0.6) is 5.75 Å². The highest BCUT2D eigenvalue weighted by atomic mass is 16.5. The Morgan fingerprint density at radius 2 is 1.81 bits per heavy atom. The van der Waals surface area contributed by atoms with Crippen molar-refractivity contribution < 1.29 is 14.3 Å². The minimum absolute atomic E-state index is 0.0421. The Morgan fingerprint density at radius 3 is 2.50 bits per heavy atom. The van der Waals surface area contributed by atoms with Crippen LogP contribution in [0, 0.1) is 17.2 Å². The second-order valence-electron chi connectivity index (χ2n) is 9.42. The number of nitrogens with zero attached hydrogens (tertiary/aromatic N) is 5. The van der Waals surface area contributed by atoms with Crippen LogP contribution in [-0.4, -0.2) is 52.4 Å². The summed E-state index contributed by atoms with van der Waals surface area (Å²) in [7, 11) is 0. The third-order valence-electron chi connectivity index (χ3n) is 7.07. The maximum absolute atomic E-state index is 12.8. The van der Waals surface area contributed by atoms with Gasteiger partial charge in [0.05, 0.1) is 22.7 Å². The normalized spacial score (nSPS) is 20.5. The van der Waals surface area contributed by atoms with Gasteiger partial charge in [-0.25, -0.2) is 9.97 Å². The van der Waals surface area contributed by atoms with Crippen molar-refractivity contribution in [2.75, 3.05) is 18.0 Å². The third kappa shape index (κ3) is 5.13. The van der Waals surface area contributed by atoms with Gasteiger partial charge >= 0.3 is 0 Å². The molecular formula is C27H28N6O3. The van der Waals surface area contributed by atoms with Crippen molar-refractivity contribution in [3.63, 3.8) is 0 Å². The number of ether oxygens (including phenoxy) is 1. The first kappa shape index (κ1) is 23.7. The van der Waals surface area contributed by atoms with Crippen LogP contribution >= 0.6 is 0 Å². The Hall–Kier alpha value is -4.06. The smallest absolute Gasteiger partial charge is 0.254 e. The number of carbonyl (C=O) groups excluding carboxylic acids is 2. The van der Waals surface area contributed by atoms with Gasteiger partial charge in [0.2, 0.25) is 5.95 Å². The molecule has 9 nitrogen and oxygen atoms in total. The molecule has 1 N–H and O–H groups in total. The number of pyridine rings is 1. The number of hydrogen-bond donors (Lipinski definition) is 1. The summed E-state index contributed by atoms with van der Waals surface area (Å²) >= 11 is 0. The molecule has 36 heavy (non-hydrogen) atoms. The molecule has 3 aromatic rings. The van der Waals surface area contributed by atoms with E-state index in [2.05, 4.69) is 31.2 Å². The molecule has 0 atom stereocenters. The lowest BCUT2D eigenvalue weighted by molar-refractivity contribution is -0.111. The molecule has 1 amide bonds. The second kappa shape index (κ2) is 10.7. The van der Waals surface area contributed by atoms with Crippen LogP contribution in [0.4, 0.5) is 5.95 Å². The summed E-state index contributed by atoms with van der Waals surface area (Å²) in [5.74, 6) is 1.28. The molecule has 0 unspecified atom stereocenters. The zero-order valence-electron chi connectivity index (χ0n) is 20.0. The second-order valence-corrected chi connectivity index (χ2v) is 9.42. The lowest BCUT2D eigenvalue weighted by Gasteiger charge is -2.30. The number of nitrogens with one attached hydrogen (secondary N) is 1. The van der Waals surface area contributed by atoms with Crippen molar-refractivity contribution in [2.45, 2.75) is 50.7 Å². The number of piperidine rings is 1. The largest absolute Gasteiger partial charge is 0.490 e. The molecule has 2 fully saturated rings. The van der Waals surface area contributed by atoms with E-state index in [9.17, 15) is 14.9 Å². The fourth-order valence-electron chi connectivity index (χ4n) is 4.95. The zero-order chi connectivity index (χ0) is 24.9. The number of amides is 1. The number of nitriles is 1. The molecule has 1 aliphatic carbocycles. The van der Waals surface area contributed by atoms with Crippen molar-refractivity contribution in [3.05, 3.63) is 54.0 Å². The molecule has 1 aliphatic heterocycles. The predicted molar refractivity (Wildman–Crippen MR) is 134 cm³/mol. The average Bonchev–Trinajstić information content (AvgIpc) is 2.94. The Bertz CT molecular complexity index is 1270. The number of anilines is 1. The highest BCUT2D eigenvalue weighted by molar-refractivity contribution is 5.94. The van der Waals surface area contributed by atoms with Crippen LogP contribution in [0.3, 0.4) is 0 Å². The van der Waals surface area contributed by atoms with E-state index in [4.69, 9.17) is 4.74 Å². The summed E-state index contributed by atoms with van der Waals surface area (Å²) in [5.41, 5.74) is 1.62. The zero-order valence-corrected chi connectivity index (χ0v) is 20.0. The average molecular weight is 485 g/mol. The van der Waals surface area contributed by atoms with Gasteiger partial charge in [-0.2, -0.15) is 5.26 Å². The summed E-state index contributed by atoms with van der Waals surface area (Å²) in [6.07, 6.45) is 10.8. The maximum Gasteiger partial charge on any atom is 0.254 e. The van der Waals surface area contributed by atoms with Gasteiger partial charge in [0, 0.05) is 49.0 Å². The minimum atomic E-state index is -0.172. The van der Waals surface area contributed by atoms with E-state index in [0.29, 0.717) is 22.6 Å². The highest BCUT2D eigenvalue weighted by Crippen LogP contribution is 2.31. The van der Waals surface area contributed by atoms with Gasteiger partial charge in [-0.3, -0.25) is 9.78 Å². The van der Waals surface area contributed by atoms with Crippen LogP contribution in [-0.2, 0) is 4.79 Å². The molecule has 0 radical (unpaired) electrons. The van der Waals surface area contributed by atoms with E-state index in [1.807, 2.05) is 18.2 Å². The molecule has 9 heteroatoms. The van der Waals surface area contributed by atoms with Gasteiger partial charge in [0.15, 0.2) is 0 Å². The number of aromatic nitrogens is 3. The first-order valence-corrected chi connectivity index (χ1v) is 12.4. The van der Waals surface area contributed by atoms with Gasteiger partial charge in [-0.05, 0) is 62.8 Å². The topological polar surface area (TPSA) is 121 Å². The van der Waals surface area contributed by atoms with E-state index < -0.39 is 0 Å². The third-order valence-corrected chi connectivity index (χ3v) is 7.07. The van der Waals surface area contributed by atoms with Gasteiger partial charge in [0.25, 0.3) is 5.91 Å². The Balaban J connectivity index is 1.13. The van der Waals surface area contributed by atoms with E-state index in [-0.39, 0.29) is 24.0 Å². The first-order chi connectivity index (χ1) is 17.6. The summed E-state index contributed by atoms with van der Waals surface area (Å²) in [6, 6.07) is 9.60. The van der Waals surface area contributed by atoms with Crippen molar-refractivity contribution in [2.24, 2.45) is 5.92 Å². The molecule has 5 rings (SSSR count). The van der Waals surface area contributed by atoms with Crippen LogP contribution < -0.4 is 15.0 Å². The fraction of sp³-hybridized carbons (Fsp3) is 0.407. The van der Waals surface area contributed by atoms with Crippen molar-refractivity contribution in [3.8, 4) is 11.8 Å². The quantitative estimate of drug-likeness (QED) is 0.528. The van der Waals surface area contributed by atoms with Gasteiger partial charge in [-0.1, -0.05) is 0 Å². The summed E-state index contributed by atoms with van der Waals surface area (Å²) < 4.78 is 6.28. The standard InChI is InChI=1S/C27H28N6O3/c28-14-19-3-8-24(23-2-1-11-29-25(19)23)36-22-6-4-21(5-7-22)32-26(35)20-15-30-27(31-16-20)33-12-9-18(17-34)10-13-33/h1-3,8,11,15-18,21-22H,4-7,9-10,12-13H2,(H,32,35). The molecule has 1 aromatic carbocycles. The Kier molecular flexibility index (Phi) is 7.03. The van der Waals surface area contributed by atoms with Crippen LogP contribution in [0.25, 0.3) is 10.9 Å². The minimum Gasteiger partial charge on any atom is -0.490 e. The molecule has 0 bridgehead atoms. The van der Waals surface area contributed by atoms with E-state index >= 15 is 0 Å². The molecule has 3 heterocycles.